The highest BCUT2D eigenvalue weighted by Crippen LogP contribution is 2.62. The van der Waals surface area contributed by atoms with Crippen molar-refractivity contribution in [2.24, 2.45) is 16.7 Å². The van der Waals surface area contributed by atoms with Crippen LogP contribution in [-0.2, 0) is 16.0 Å². The molecule has 0 spiro atoms. The van der Waals surface area contributed by atoms with Gasteiger partial charge in [0, 0.05) is 15.8 Å². The number of aryl methyl sites for hydroxylation is 1. The predicted octanol–water partition coefficient (Wildman–Crippen LogP) is 6.62. The molecule has 0 radical (unpaired) electrons. The molecule has 2 aliphatic carbocycles. The minimum atomic E-state index is -0.774. The summed E-state index contributed by atoms with van der Waals surface area (Å²) in [6.45, 7) is 8.12. The highest BCUT2D eigenvalue weighted by molar-refractivity contribution is 9.10. The third-order valence-electron chi connectivity index (χ3n) is 7.59. The van der Waals surface area contributed by atoms with Crippen molar-refractivity contribution in [3.05, 3.63) is 57.8 Å². The van der Waals surface area contributed by atoms with Crippen LogP contribution in [0.2, 0.25) is 0 Å². The van der Waals surface area contributed by atoms with Crippen molar-refractivity contribution < 1.29 is 18.7 Å². The molecule has 2 saturated carbocycles. The quantitative estimate of drug-likeness (QED) is 0.469. The van der Waals surface area contributed by atoms with Gasteiger partial charge in [0.15, 0.2) is 23.1 Å². The van der Waals surface area contributed by atoms with Crippen LogP contribution in [-0.4, -0.2) is 11.6 Å². The van der Waals surface area contributed by atoms with Crippen molar-refractivity contribution in [2.45, 2.75) is 52.9 Å². The fourth-order valence-electron chi connectivity index (χ4n) is 5.29. The molecule has 3 nitrogen and oxygen atoms in total. The third kappa shape index (κ3) is 3.05. The Morgan fingerprint density at radius 1 is 1.13 bits per heavy atom. The van der Waals surface area contributed by atoms with E-state index >= 15 is 0 Å². The maximum atomic E-state index is 14.2. The number of halogens is 2. The SMILES string of the molecule is CCc1ccc(Oc2ccc(Br)cc2F)cc1C1C(=O)[C@@H]2CC[C@](C)(C1=O)C2(C)C. The van der Waals surface area contributed by atoms with Gasteiger partial charge in [0.1, 0.15) is 11.7 Å². The van der Waals surface area contributed by atoms with E-state index in [1.165, 1.54) is 6.07 Å². The predicted molar refractivity (Wildman–Crippen MR) is 117 cm³/mol. The molecule has 4 rings (SSSR count). The second kappa shape index (κ2) is 7.30. The second-order valence-corrected chi connectivity index (χ2v) is 10.2. The largest absolute Gasteiger partial charge is 0.454 e. The summed E-state index contributed by atoms with van der Waals surface area (Å²) in [7, 11) is 0. The van der Waals surface area contributed by atoms with Gasteiger partial charge in [0.2, 0.25) is 0 Å². The zero-order valence-electron chi connectivity index (χ0n) is 17.7. The van der Waals surface area contributed by atoms with Gasteiger partial charge in [-0.3, -0.25) is 9.59 Å². The fourth-order valence-corrected chi connectivity index (χ4v) is 5.63. The van der Waals surface area contributed by atoms with Gasteiger partial charge < -0.3 is 4.74 Å². The fraction of sp³-hybridized carbons (Fsp3) is 0.440. The van der Waals surface area contributed by atoms with E-state index in [0.717, 1.165) is 18.4 Å². The first-order chi connectivity index (χ1) is 14.1. The van der Waals surface area contributed by atoms with Crippen LogP contribution in [0.1, 0.15) is 57.6 Å². The second-order valence-electron chi connectivity index (χ2n) is 9.24. The molecule has 2 aliphatic rings. The van der Waals surface area contributed by atoms with Crippen molar-refractivity contribution >= 4 is 27.5 Å². The number of ketones is 2. The van der Waals surface area contributed by atoms with E-state index in [2.05, 4.69) is 15.9 Å². The summed E-state index contributed by atoms with van der Waals surface area (Å²) in [5.41, 5.74) is 0.804. The monoisotopic (exact) mass is 472 g/mol. The minimum absolute atomic E-state index is 0.00734. The molecule has 0 saturated heterocycles. The van der Waals surface area contributed by atoms with Crippen LogP contribution in [0.3, 0.4) is 0 Å². The number of carbonyl (C=O) groups excluding carboxylic acids is 2. The molecule has 30 heavy (non-hydrogen) atoms. The van der Waals surface area contributed by atoms with Crippen LogP contribution < -0.4 is 4.74 Å². The van der Waals surface area contributed by atoms with Crippen LogP contribution >= 0.6 is 15.9 Å². The Kier molecular flexibility index (Phi) is 5.16. The normalized spacial score (nSPS) is 27.4. The number of carbonyl (C=O) groups is 2. The van der Waals surface area contributed by atoms with Crippen LogP contribution in [0.25, 0.3) is 0 Å². The summed E-state index contributed by atoms with van der Waals surface area (Å²) >= 11 is 3.24. The Morgan fingerprint density at radius 2 is 1.87 bits per heavy atom. The highest BCUT2D eigenvalue weighted by Gasteiger charge is 2.64. The van der Waals surface area contributed by atoms with Gasteiger partial charge >= 0.3 is 0 Å². The average molecular weight is 473 g/mol. The van der Waals surface area contributed by atoms with E-state index in [-0.39, 0.29) is 28.6 Å². The number of hydrogen-bond donors (Lipinski definition) is 0. The number of hydrogen-bond acceptors (Lipinski definition) is 3. The zero-order chi connectivity index (χ0) is 21.8. The molecule has 0 aromatic heterocycles. The molecule has 0 N–H and O–H groups in total. The van der Waals surface area contributed by atoms with Gasteiger partial charge in [-0.15, -0.1) is 0 Å². The molecule has 158 valence electrons. The molecule has 2 bridgehead atoms. The van der Waals surface area contributed by atoms with Gasteiger partial charge in [0.05, 0.1) is 0 Å². The van der Waals surface area contributed by atoms with Gasteiger partial charge in [-0.25, -0.2) is 4.39 Å². The molecule has 2 aromatic carbocycles. The summed E-state index contributed by atoms with van der Waals surface area (Å²) in [5, 5.41) is 0. The van der Waals surface area contributed by atoms with Gasteiger partial charge in [-0.1, -0.05) is 49.7 Å². The molecule has 5 heteroatoms. The van der Waals surface area contributed by atoms with Crippen LogP contribution in [0, 0.1) is 22.6 Å². The highest BCUT2D eigenvalue weighted by atomic mass is 79.9. The Hall–Kier alpha value is -2.01. The van der Waals surface area contributed by atoms with Crippen molar-refractivity contribution in [1.82, 2.24) is 0 Å². The average Bonchev–Trinajstić information content (AvgIpc) is 2.87. The van der Waals surface area contributed by atoms with Crippen LogP contribution in [0.5, 0.6) is 11.5 Å². The van der Waals surface area contributed by atoms with Gasteiger partial charge in [0.25, 0.3) is 0 Å². The third-order valence-corrected chi connectivity index (χ3v) is 8.08. The molecule has 0 amide bonds. The molecule has 0 aliphatic heterocycles. The smallest absolute Gasteiger partial charge is 0.166 e. The number of Topliss-reactive ketones (excluding diaryl/α,β-unsaturated/α-hetero) is 2. The number of benzene rings is 2. The van der Waals surface area contributed by atoms with E-state index in [4.69, 9.17) is 4.74 Å². The van der Waals surface area contributed by atoms with Crippen molar-refractivity contribution in [2.75, 3.05) is 0 Å². The molecule has 2 aromatic rings. The van der Waals surface area contributed by atoms with E-state index in [0.29, 0.717) is 22.2 Å². The lowest BCUT2D eigenvalue weighted by atomic mass is 9.54. The van der Waals surface area contributed by atoms with Crippen molar-refractivity contribution in [1.29, 1.82) is 0 Å². The lowest BCUT2D eigenvalue weighted by Crippen LogP contribution is -2.52. The Morgan fingerprint density at radius 3 is 2.53 bits per heavy atom. The molecule has 1 unspecified atom stereocenters. The first-order valence-electron chi connectivity index (χ1n) is 10.4. The van der Waals surface area contributed by atoms with Gasteiger partial charge in [-0.2, -0.15) is 0 Å². The van der Waals surface area contributed by atoms with Crippen LogP contribution in [0.15, 0.2) is 40.9 Å². The first kappa shape index (κ1) is 21.2. The standard InChI is InChI=1S/C25H26BrFO3/c1-5-14-6-8-16(30-20-9-7-15(26)12-19(20)27)13-17(14)21-22(28)18-10-11-25(4,23(21)29)24(18,2)3/h6-9,12-13,18,21H,5,10-11H2,1-4H3/t18-,21?,25+/m0/s1. The van der Waals surface area contributed by atoms with E-state index in [1.807, 2.05) is 33.8 Å². The van der Waals surface area contributed by atoms with E-state index in [1.54, 1.807) is 24.3 Å². The lowest BCUT2D eigenvalue weighted by molar-refractivity contribution is -0.149. The summed E-state index contributed by atoms with van der Waals surface area (Å²) < 4.78 is 20.7. The summed E-state index contributed by atoms with van der Waals surface area (Å²) in [6.07, 6.45) is 2.20. The van der Waals surface area contributed by atoms with Crippen LogP contribution in [0.4, 0.5) is 4.39 Å². The van der Waals surface area contributed by atoms with Crippen molar-refractivity contribution in [3.63, 3.8) is 0 Å². The molecule has 2 fully saturated rings. The summed E-state index contributed by atoms with van der Waals surface area (Å²) in [6, 6.07) is 9.99. The summed E-state index contributed by atoms with van der Waals surface area (Å²) in [4.78, 5) is 27.1. The number of ether oxygens (including phenoxy) is 1. The minimum Gasteiger partial charge on any atom is -0.454 e. The lowest BCUT2D eigenvalue weighted by Gasteiger charge is -2.46. The van der Waals surface area contributed by atoms with Gasteiger partial charge in [-0.05, 0) is 66.1 Å². The maximum Gasteiger partial charge on any atom is 0.166 e. The molecular formula is C25H26BrFO3. The van der Waals surface area contributed by atoms with E-state index < -0.39 is 17.2 Å². The number of rotatable bonds is 4. The topological polar surface area (TPSA) is 43.4 Å². The zero-order valence-corrected chi connectivity index (χ0v) is 19.3. The maximum absolute atomic E-state index is 14.2. The molecular weight excluding hydrogens is 447 g/mol. The van der Waals surface area contributed by atoms with Crippen molar-refractivity contribution in [3.8, 4) is 11.5 Å². The Balaban J connectivity index is 1.76. The Labute approximate surface area is 185 Å². The van der Waals surface area contributed by atoms with E-state index in [9.17, 15) is 14.0 Å². The summed E-state index contributed by atoms with van der Waals surface area (Å²) in [5.74, 6) is -0.835. The Bertz CT molecular complexity index is 1040. The molecule has 0 heterocycles. The first-order valence-corrected chi connectivity index (χ1v) is 11.2. The number of fused-ring (bicyclic) bond motifs is 2. The molecule has 3 atom stereocenters.